The summed E-state index contributed by atoms with van der Waals surface area (Å²) in [5, 5.41) is 9.34. The lowest BCUT2D eigenvalue weighted by Gasteiger charge is -2.26. The molecule has 0 spiro atoms. The van der Waals surface area contributed by atoms with Crippen LogP contribution in [0, 0.1) is 0 Å². The molecule has 1 amide bonds. The SMILES string of the molecule is CCCCN(Cc1cccnc1)C(=O)[C@@H](N)Cc1ccc(O)cc1. The summed E-state index contributed by atoms with van der Waals surface area (Å²) in [7, 11) is 0. The number of nitrogens with zero attached hydrogens (tertiary/aromatic N) is 2. The number of unbranched alkanes of at least 4 members (excludes halogenated alkanes) is 1. The average molecular weight is 327 g/mol. The molecular weight excluding hydrogens is 302 g/mol. The Morgan fingerprint density at radius 3 is 2.62 bits per heavy atom. The van der Waals surface area contributed by atoms with Crippen LogP contribution in [0.3, 0.4) is 0 Å². The Balaban J connectivity index is 2.03. The number of carbonyl (C=O) groups excluding carboxylic acids is 1. The molecule has 1 aromatic carbocycles. The molecule has 0 fully saturated rings. The average Bonchev–Trinajstić information content (AvgIpc) is 2.60. The first-order valence-corrected chi connectivity index (χ1v) is 8.31. The number of rotatable bonds is 8. The molecular formula is C19H25N3O2. The van der Waals surface area contributed by atoms with Gasteiger partial charge in [0.1, 0.15) is 5.75 Å². The van der Waals surface area contributed by atoms with Gasteiger partial charge >= 0.3 is 0 Å². The Kier molecular flexibility index (Phi) is 6.75. The zero-order chi connectivity index (χ0) is 17.4. The molecule has 5 nitrogen and oxygen atoms in total. The number of benzene rings is 1. The highest BCUT2D eigenvalue weighted by Crippen LogP contribution is 2.13. The number of hydrogen-bond donors (Lipinski definition) is 2. The number of amides is 1. The predicted molar refractivity (Wildman–Crippen MR) is 94.3 cm³/mol. The summed E-state index contributed by atoms with van der Waals surface area (Å²) in [5.74, 6) is 0.153. The zero-order valence-electron chi connectivity index (χ0n) is 14.1. The number of pyridine rings is 1. The van der Waals surface area contributed by atoms with Crippen LogP contribution in [0.4, 0.5) is 0 Å². The molecule has 1 atom stereocenters. The topological polar surface area (TPSA) is 79.5 Å². The van der Waals surface area contributed by atoms with Gasteiger partial charge < -0.3 is 15.7 Å². The predicted octanol–water partition coefficient (Wildman–Crippen LogP) is 2.49. The van der Waals surface area contributed by atoms with E-state index < -0.39 is 6.04 Å². The molecule has 5 heteroatoms. The highest BCUT2D eigenvalue weighted by atomic mass is 16.3. The van der Waals surface area contributed by atoms with Gasteiger partial charge in [0, 0.05) is 25.5 Å². The normalized spacial score (nSPS) is 11.9. The van der Waals surface area contributed by atoms with E-state index in [0.29, 0.717) is 19.5 Å². The second-order valence-electron chi connectivity index (χ2n) is 5.95. The van der Waals surface area contributed by atoms with Crippen LogP contribution in [-0.2, 0) is 17.8 Å². The summed E-state index contributed by atoms with van der Waals surface area (Å²) in [5.41, 5.74) is 8.08. The van der Waals surface area contributed by atoms with Gasteiger partial charge in [0.2, 0.25) is 5.91 Å². The van der Waals surface area contributed by atoms with Gasteiger partial charge in [-0.2, -0.15) is 0 Å². The molecule has 0 saturated carbocycles. The third-order valence-electron chi connectivity index (χ3n) is 3.90. The molecule has 0 radical (unpaired) electrons. The van der Waals surface area contributed by atoms with Gasteiger partial charge in [-0.25, -0.2) is 0 Å². The Morgan fingerprint density at radius 2 is 2.00 bits per heavy atom. The van der Waals surface area contributed by atoms with Gasteiger partial charge in [0.25, 0.3) is 0 Å². The van der Waals surface area contributed by atoms with E-state index in [-0.39, 0.29) is 11.7 Å². The highest BCUT2D eigenvalue weighted by Gasteiger charge is 2.21. The third kappa shape index (κ3) is 5.35. The van der Waals surface area contributed by atoms with Gasteiger partial charge in [-0.1, -0.05) is 31.5 Å². The van der Waals surface area contributed by atoms with Crippen LogP contribution < -0.4 is 5.73 Å². The minimum absolute atomic E-state index is 0.0552. The minimum atomic E-state index is -0.594. The summed E-state index contributed by atoms with van der Waals surface area (Å²) in [4.78, 5) is 18.7. The van der Waals surface area contributed by atoms with E-state index in [4.69, 9.17) is 5.73 Å². The van der Waals surface area contributed by atoms with Crippen molar-refractivity contribution in [1.29, 1.82) is 0 Å². The fraction of sp³-hybridized carbons (Fsp3) is 0.368. The van der Waals surface area contributed by atoms with E-state index in [2.05, 4.69) is 11.9 Å². The van der Waals surface area contributed by atoms with Crippen molar-refractivity contribution in [2.45, 2.75) is 38.8 Å². The summed E-state index contributed by atoms with van der Waals surface area (Å²) in [6, 6.07) is 10.0. The Hall–Kier alpha value is -2.40. The first kappa shape index (κ1) is 17.9. The van der Waals surface area contributed by atoms with Crippen LogP contribution in [-0.4, -0.2) is 33.5 Å². The third-order valence-corrected chi connectivity index (χ3v) is 3.90. The Bertz CT molecular complexity index is 629. The van der Waals surface area contributed by atoms with E-state index in [1.54, 1.807) is 36.7 Å². The van der Waals surface area contributed by atoms with Crippen LogP contribution in [0.15, 0.2) is 48.8 Å². The van der Waals surface area contributed by atoms with Gasteiger partial charge in [0.15, 0.2) is 0 Å². The van der Waals surface area contributed by atoms with Gasteiger partial charge in [0.05, 0.1) is 6.04 Å². The lowest BCUT2D eigenvalue weighted by atomic mass is 10.0. The number of carbonyl (C=O) groups is 1. The first-order chi connectivity index (χ1) is 11.6. The van der Waals surface area contributed by atoms with Crippen molar-refractivity contribution in [2.24, 2.45) is 5.73 Å². The fourth-order valence-corrected chi connectivity index (χ4v) is 2.54. The number of aromatic hydroxyl groups is 1. The van der Waals surface area contributed by atoms with Crippen molar-refractivity contribution in [3.8, 4) is 5.75 Å². The molecule has 2 aromatic rings. The van der Waals surface area contributed by atoms with Crippen LogP contribution >= 0.6 is 0 Å². The number of aromatic nitrogens is 1. The van der Waals surface area contributed by atoms with Crippen molar-refractivity contribution in [1.82, 2.24) is 9.88 Å². The summed E-state index contributed by atoms with van der Waals surface area (Å²) >= 11 is 0. The molecule has 0 bridgehead atoms. The molecule has 0 saturated heterocycles. The molecule has 1 aromatic heterocycles. The molecule has 0 aliphatic carbocycles. The second kappa shape index (κ2) is 9.03. The monoisotopic (exact) mass is 327 g/mol. The summed E-state index contributed by atoms with van der Waals surface area (Å²) in [6.45, 7) is 3.31. The second-order valence-corrected chi connectivity index (χ2v) is 5.95. The smallest absolute Gasteiger partial charge is 0.240 e. The molecule has 1 heterocycles. The standard InChI is InChI=1S/C19H25N3O2/c1-2-3-11-22(14-16-5-4-10-21-13-16)19(24)18(20)12-15-6-8-17(23)9-7-15/h4-10,13,18,23H,2-3,11-12,14,20H2,1H3/t18-/m0/s1. The molecule has 0 unspecified atom stereocenters. The molecule has 2 rings (SSSR count). The van der Waals surface area contributed by atoms with Gasteiger partial charge in [-0.3, -0.25) is 9.78 Å². The lowest BCUT2D eigenvalue weighted by molar-refractivity contribution is -0.133. The van der Waals surface area contributed by atoms with Crippen LogP contribution in [0.2, 0.25) is 0 Å². The molecule has 0 aliphatic heterocycles. The zero-order valence-corrected chi connectivity index (χ0v) is 14.1. The largest absolute Gasteiger partial charge is 0.508 e. The Morgan fingerprint density at radius 1 is 1.25 bits per heavy atom. The van der Waals surface area contributed by atoms with Crippen molar-refractivity contribution in [3.63, 3.8) is 0 Å². The maximum atomic E-state index is 12.8. The Labute approximate surface area is 143 Å². The van der Waals surface area contributed by atoms with Crippen molar-refractivity contribution in [3.05, 3.63) is 59.9 Å². The van der Waals surface area contributed by atoms with Crippen LogP contribution in [0.5, 0.6) is 5.75 Å². The van der Waals surface area contributed by atoms with Crippen LogP contribution in [0.1, 0.15) is 30.9 Å². The maximum Gasteiger partial charge on any atom is 0.240 e. The molecule has 3 N–H and O–H groups in total. The van der Waals surface area contributed by atoms with Crippen LogP contribution in [0.25, 0.3) is 0 Å². The van der Waals surface area contributed by atoms with E-state index in [1.807, 2.05) is 17.0 Å². The van der Waals surface area contributed by atoms with Gasteiger partial charge in [-0.05, 0) is 42.2 Å². The number of phenolic OH excluding ortho intramolecular Hbond substituents is 1. The van der Waals surface area contributed by atoms with E-state index in [9.17, 15) is 9.90 Å². The molecule has 24 heavy (non-hydrogen) atoms. The maximum absolute atomic E-state index is 12.8. The van der Waals surface area contributed by atoms with Crippen molar-refractivity contribution < 1.29 is 9.90 Å². The van der Waals surface area contributed by atoms with Gasteiger partial charge in [-0.15, -0.1) is 0 Å². The summed E-state index contributed by atoms with van der Waals surface area (Å²) < 4.78 is 0. The molecule has 128 valence electrons. The van der Waals surface area contributed by atoms with Crippen molar-refractivity contribution in [2.75, 3.05) is 6.54 Å². The van der Waals surface area contributed by atoms with Crippen molar-refractivity contribution >= 4 is 5.91 Å². The number of hydrogen-bond acceptors (Lipinski definition) is 4. The summed E-state index contributed by atoms with van der Waals surface area (Å²) in [6.07, 6.45) is 5.91. The van der Waals surface area contributed by atoms with E-state index in [1.165, 1.54) is 0 Å². The first-order valence-electron chi connectivity index (χ1n) is 8.31. The lowest BCUT2D eigenvalue weighted by Crippen LogP contribution is -2.45. The molecule has 0 aliphatic rings. The van der Waals surface area contributed by atoms with E-state index in [0.717, 1.165) is 24.0 Å². The fourth-order valence-electron chi connectivity index (χ4n) is 2.54. The number of nitrogens with two attached hydrogens (primary N) is 1. The highest BCUT2D eigenvalue weighted by molar-refractivity contribution is 5.82. The minimum Gasteiger partial charge on any atom is -0.508 e. The van der Waals surface area contributed by atoms with E-state index >= 15 is 0 Å². The quantitative estimate of drug-likeness (QED) is 0.781. The number of phenols is 1.